The summed E-state index contributed by atoms with van der Waals surface area (Å²) in [6, 6.07) is 1.46. The van der Waals surface area contributed by atoms with Gasteiger partial charge in [0.2, 0.25) is 0 Å². The highest BCUT2D eigenvalue weighted by Crippen LogP contribution is 2.69. The van der Waals surface area contributed by atoms with Crippen LogP contribution >= 0.6 is 0 Å². The highest BCUT2D eigenvalue weighted by atomic mass is 16.3. The lowest BCUT2D eigenvalue weighted by Crippen LogP contribution is -2.50. The van der Waals surface area contributed by atoms with E-state index in [9.17, 15) is 5.11 Å². The first-order chi connectivity index (χ1) is 13.8. The third-order valence-corrected chi connectivity index (χ3v) is 11.2. The molecule has 10 atom stereocenters. The van der Waals surface area contributed by atoms with Crippen LogP contribution in [0.1, 0.15) is 78.6 Å². The SMILES string of the molecule is C=C1[C@@H]2CC[C@H](C)CN2[C@H]2C[C@H]3[C@@H]4CC=C5C[C@@H](O)CC[C@]5(C)[C@H]4CC[C@]3(C)[C@@H]12. The fourth-order valence-corrected chi connectivity index (χ4v) is 9.81. The summed E-state index contributed by atoms with van der Waals surface area (Å²) in [5.41, 5.74) is 4.05. The van der Waals surface area contributed by atoms with E-state index in [0.717, 1.165) is 48.5 Å². The van der Waals surface area contributed by atoms with Gasteiger partial charge in [0, 0.05) is 24.5 Å². The van der Waals surface area contributed by atoms with Gasteiger partial charge in [0.1, 0.15) is 0 Å². The van der Waals surface area contributed by atoms with Crippen molar-refractivity contribution in [2.45, 2.75) is 96.7 Å². The van der Waals surface area contributed by atoms with Gasteiger partial charge in [0.15, 0.2) is 0 Å². The van der Waals surface area contributed by atoms with E-state index in [-0.39, 0.29) is 6.10 Å². The monoisotopic (exact) mass is 395 g/mol. The van der Waals surface area contributed by atoms with Crippen LogP contribution in [0, 0.1) is 40.4 Å². The fraction of sp³-hybridized carbons (Fsp3) is 0.852. The van der Waals surface area contributed by atoms with Crippen LogP contribution in [0.15, 0.2) is 23.8 Å². The Labute approximate surface area is 177 Å². The predicted molar refractivity (Wildman–Crippen MR) is 118 cm³/mol. The molecule has 2 saturated heterocycles. The lowest BCUT2D eigenvalue weighted by atomic mass is 9.47. The molecule has 1 N–H and O–H groups in total. The highest BCUT2D eigenvalue weighted by Gasteiger charge is 2.65. The van der Waals surface area contributed by atoms with E-state index < -0.39 is 0 Å². The Kier molecular flexibility index (Phi) is 4.10. The van der Waals surface area contributed by atoms with Crippen LogP contribution in [0.4, 0.5) is 0 Å². The molecule has 2 heteroatoms. The summed E-state index contributed by atoms with van der Waals surface area (Å²) in [5.74, 6) is 4.17. The molecule has 6 rings (SSSR count). The number of allylic oxidation sites excluding steroid dienone is 1. The van der Waals surface area contributed by atoms with Crippen molar-refractivity contribution in [3.05, 3.63) is 23.8 Å². The van der Waals surface area contributed by atoms with Crippen molar-refractivity contribution in [1.29, 1.82) is 0 Å². The number of nitrogens with zero attached hydrogens (tertiary/aromatic N) is 1. The minimum absolute atomic E-state index is 0.0908. The molecule has 0 radical (unpaired) electrons. The highest BCUT2D eigenvalue weighted by molar-refractivity contribution is 5.32. The van der Waals surface area contributed by atoms with Crippen molar-refractivity contribution in [3.8, 4) is 0 Å². The number of aliphatic hydroxyl groups is 1. The Morgan fingerprint density at radius 1 is 1.10 bits per heavy atom. The zero-order valence-corrected chi connectivity index (χ0v) is 18.9. The second-order valence-corrected chi connectivity index (χ2v) is 12.5. The van der Waals surface area contributed by atoms with Gasteiger partial charge in [-0.2, -0.15) is 0 Å². The van der Waals surface area contributed by atoms with Crippen molar-refractivity contribution < 1.29 is 5.11 Å². The van der Waals surface area contributed by atoms with E-state index in [1.54, 1.807) is 11.1 Å². The van der Waals surface area contributed by atoms with Gasteiger partial charge in [-0.25, -0.2) is 0 Å². The van der Waals surface area contributed by atoms with Crippen molar-refractivity contribution in [1.82, 2.24) is 4.90 Å². The second kappa shape index (κ2) is 6.22. The van der Waals surface area contributed by atoms with E-state index >= 15 is 0 Å². The Bertz CT molecular complexity index is 756. The maximum absolute atomic E-state index is 10.3. The average molecular weight is 396 g/mol. The van der Waals surface area contributed by atoms with Gasteiger partial charge in [-0.3, -0.25) is 4.90 Å². The van der Waals surface area contributed by atoms with Crippen LogP contribution < -0.4 is 0 Å². The first-order valence-corrected chi connectivity index (χ1v) is 12.6. The van der Waals surface area contributed by atoms with Crippen molar-refractivity contribution in [2.75, 3.05) is 6.54 Å². The first kappa shape index (κ1) is 19.1. The molecule has 3 saturated carbocycles. The predicted octanol–water partition coefficient (Wildman–Crippen LogP) is 5.58. The summed E-state index contributed by atoms with van der Waals surface area (Å²) in [5, 5.41) is 10.3. The van der Waals surface area contributed by atoms with Crippen LogP contribution in [0.2, 0.25) is 0 Å². The van der Waals surface area contributed by atoms with Gasteiger partial charge in [-0.05, 0) is 92.3 Å². The van der Waals surface area contributed by atoms with E-state index in [4.69, 9.17) is 6.58 Å². The molecule has 0 amide bonds. The summed E-state index contributed by atoms with van der Waals surface area (Å²) in [6.45, 7) is 13.7. The topological polar surface area (TPSA) is 23.5 Å². The Morgan fingerprint density at radius 2 is 1.93 bits per heavy atom. The number of aliphatic hydroxyl groups excluding tert-OH is 1. The van der Waals surface area contributed by atoms with Gasteiger partial charge in [0.25, 0.3) is 0 Å². The van der Waals surface area contributed by atoms with Crippen molar-refractivity contribution in [2.24, 2.45) is 40.4 Å². The maximum Gasteiger partial charge on any atom is 0.0577 e. The van der Waals surface area contributed by atoms with Gasteiger partial charge < -0.3 is 5.11 Å². The van der Waals surface area contributed by atoms with Crippen LogP contribution in [-0.4, -0.2) is 34.7 Å². The molecule has 2 aliphatic heterocycles. The van der Waals surface area contributed by atoms with Gasteiger partial charge >= 0.3 is 0 Å². The number of hydrogen-bond donors (Lipinski definition) is 1. The zero-order chi connectivity index (χ0) is 20.1. The first-order valence-electron chi connectivity index (χ1n) is 12.6. The smallest absolute Gasteiger partial charge is 0.0577 e. The maximum atomic E-state index is 10.3. The largest absolute Gasteiger partial charge is 0.393 e. The molecule has 0 aromatic rings. The summed E-state index contributed by atoms with van der Waals surface area (Å²) < 4.78 is 0. The Morgan fingerprint density at radius 3 is 2.76 bits per heavy atom. The molecule has 29 heavy (non-hydrogen) atoms. The van der Waals surface area contributed by atoms with E-state index in [0.29, 0.717) is 16.9 Å². The molecular formula is C27H41NO. The quantitative estimate of drug-likeness (QED) is 0.542. The van der Waals surface area contributed by atoms with Crippen LogP contribution in [0.25, 0.3) is 0 Å². The Balaban J connectivity index is 1.33. The van der Waals surface area contributed by atoms with Gasteiger partial charge in [-0.15, -0.1) is 0 Å². The molecular weight excluding hydrogens is 354 g/mol. The lowest BCUT2D eigenvalue weighted by Gasteiger charge is -2.58. The van der Waals surface area contributed by atoms with Crippen molar-refractivity contribution >= 4 is 0 Å². The summed E-state index contributed by atoms with van der Waals surface area (Å²) in [4.78, 5) is 2.92. The number of rotatable bonds is 0. The standard InChI is InChI=1S/C27H41NO/c1-16-5-8-23-17(2)25-24(28(23)15-16)14-22-20-7-6-18-13-19(29)9-11-26(18,3)21(20)10-12-27(22,25)4/h6,16,19-25,29H,2,5,7-15H2,1,3-4H3/t16-,19-,20+,21-,22-,23-,24-,25-,26-,27-/m0/s1. The normalized spacial score (nSPS) is 56.7. The third kappa shape index (κ3) is 2.42. The summed E-state index contributed by atoms with van der Waals surface area (Å²) in [7, 11) is 0. The molecule has 0 aromatic heterocycles. The molecule has 0 spiro atoms. The van der Waals surface area contributed by atoms with Crippen molar-refractivity contribution in [3.63, 3.8) is 0 Å². The Hall–Kier alpha value is -0.600. The number of piperidine rings is 1. The molecule has 6 aliphatic rings. The average Bonchev–Trinajstić information content (AvgIpc) is 3.15. The molecule has 160 valence electrons. The summed E-state index contributed by atoms with van der Waals surface area (Å²) in [6.07, 6.45) is 13.9. The molecule has 5 fully saturated rings. The second-order valence-electron chi connectivity index (χ2n) is 12.5. The zero-order valence-electron chi connectivity index (χ0n) is 18.9. The van der Waals surface area contributed by atoms with E-state index in [1.807, 2.05) is 0 Å². The number of fused-ring (bicyclic) bond motifs is 9. The fourth-order valence-electron chi connectivity index (χ4n) is 9.81. The molecule has 0 unspecified atom stereocenters. The third-order valence-electron chi connectivity index (χ3n) is 11.2. The molecule has 4 aliphatic carbocycles. The number of hydrogen-bond acceptors (Lipinski definition) is 2. The van der Waals surface area contributed by atoms with Crippen LogP contribution in [0.5, 0.6) is 0 Å². The van der Waals surface area contributed by atoms with Gasteiger partial charge in [0.05, 0.1) is 6.10 Å². The molecule has 2 heterocycles. The van der Waals surface area contributed by atoms with Crippen LogP contribution in [0.3, 0.4) is 0 Å². The molecule has 0 bridgehead atoms. The minimum atomic E-state index is -0.0908. The van der Waals surface area contributed by atoms with E-state index in [1.165, 1.54) is 51.5 Å². The van der Waals surface area contributed by atoms with Gasteiger partial charge in [-0.1, -0.05) is 44.6 Å². The van der Waals surface area contributed by atoms with Crippen LogP contribution in [-0.2, 0) is 0 Å². The van der Waals surface area contributed by atoms with E-state index in [2.05, 4.69) is 31.7 Å². The molecule has 2 nitrogen and oxygen atoms in total. The molecule has 0 aromatic carbocycles. The lowest BCUT2D eigenvalue weighted by molar-refractivity contribution is -0.0456. The summed E-state index contributed by atoms with van der Waals surface area (Å²) >= 11 is 0. The minimum Gasteiger partial charge on any atom is -0.393 e.